The van der Waals surface area contributed by atoms with E-state index in [4.69, 9.17) is 11.6 Å². The first-order valence-electron chi connectivity index (χ1n) is 2.08. The van der Waals surface area contributed by atoms with E-state index in [1.807, 2.05) is 0 Å². The van der Waals surface area contributed by atoms with Crippen molar-refractivity contribution >= 4 is 23.0 Å². The Hall–Kier alpha value is -0.770. The highest BCUT2D eigenvalue weighted by Gasteiger charge is 1.95. The molecule has 0 unspecified atom stereocenters. The highest BCUT2D eigenvalue weighted by atomic mass is 35.5. The van der Waals surface area contributed by atoms with Crippen LogP contribution in [0.3, 0.4) is 0 Å². The number of carbonyl (C=O) groups excluding carboxylic acids is 2. The van der Waals surface area contributed by atoms with Gasteiger partial charge in [0.15, 0.2) is 0 Å². The van der Waals surface area contributed by atoms with E-state index in [-0.39, 0.29) is 14.9 Å². The smallest absolute Gasteiger partial charge is 0.406 e. The third-order valence-corrected chi connectivity index (χ3v) is 0.544. The van der Waals surface area contributed by atoms with Crippen molar-refractivity contribution in [3.05, 3.63) is 0 Å². The van der Waals surface area contributed by atoms with Gasteiger partial charge in [-0.2, -0.15) is 0 Å². The molecule has 0 heterocycles. The molecule has 0 aromatic carbocycles. The molecule has 0 saturated heterocycles. The molecule has 0 aliphatic carbocycles. The Morgan fingerprint density at radius 3 is 2.00 bits per heavy atom. The van der Waals surface area contributed by atoms with Gasteiger partial charge >= 0.3 is 11.4 Å². The molecule has 0 radical (unpaired) electrons. The van der Waals surface area contributed by atoms with Crippen LogP contribution in [0.5, 0.6) is 0 Å². The number of hydrogen-bond donors (Lipinski definition) is 0. The Morgan fingerprint density at radius 2 is 1.73 bits per heavy atom. The third-order valence-electron chi connectivity index (χ3n) is 0.435. The summed E-state index contributed by atoms with van der Waals surface area (Å²) in [6, 6.07) is 0. The number of ether oxygens (including phenoxy) is 2. The van der Waals surface area contributed by atoms with E-state index < -0.39 is 18.2 Å². The maximum Gasteiger partial charge on any atom is 0.406 e. The van der Waals surface area contributed by atoms with Gasteiger partial charge in [0.2, 0.25) is 6.79 Å². The molecule has 0 aliphatic heterocycles. The van der Waals surface area contributed by atoms with E-state index in [9.17, 15) is 9.59 Å². The molecule has 0 fully saturated rings. The average Bonchev–Trinajstić information content (AvgIpc) is 1.63. The van der Waals surface area contributed by atoms with Gasteiger partial charge in [-0.15, -0.1) is 0 Å². The highest BCUT2D eigenvalue weighted by molar-refractivity contribution is 6.61. The average molecular weight is 185 g/mol. The zero-order valence-electron chi connectivity index (χ0n) is 4.72. The monoisotopic (exact) mass is 184 g/mol. The van der Waals surface area contributed by atoms with Crippen molar-refractivity contribution in [2.75, 3.05) is 6.79 Å². The maximum absolute atomic E-state index is 9.97. The molecule has 0 N–H and O–H groups in total. The molecular formula is C6H13ClO4. The zero-order valence-corrected chi connectivity index (χ0v) is 5.47. The largest absolute Gasteiger partial charge is 0.428 e. The van der Waals surface area contributed by atoms with Crippen molar-refractivity contribution in [2.24, 2.45) is 0 Å². The van der Waals surface area contributed by atoms with Crippen molar-refractivity contribution < 1.29 is 19.1 Å². The summed E-state index contributed by atoms with van der Waals surface area (Å²) in [5.41, 5.74) is -0.990. The fourth-order valence-corrected chi connectivity index (χ4v) is 0.203. The Balaban J connectivity index is -0.000000320. The molecule has 5 heteroatoms. The lowest BCUT2D eigenvalue weighted by atomic mass is 10.8. The molecule has 4 nitrogen and oxygen atoms in total. The summed E-state index contributed by atoms with van der Waals surface area (Å²) in [6.07, 6.45) is 0. The molecule has 0 rings (SSSR count). The summed E-state index contributed by atoms with van der Waals surface area (Å²) in [5.74, 6) is -0.520. The Kier molecular flexibility index (Phi) is 14.0. The normalized spacial score (nSPS) is 6.73. The van der Waals surface area contributed by atoms with Crippen molar-refractivity contribution in [3.8, 4) is 0 Å². The van der Waals surface area contributed by atoms with E-state index in [0.717, 1.165) is 0 Å². The molecule has 0 bridgehead atoms. The van der Waals surface area contributed by atoms with Gasteiger partial charge in [0, 0.05) is 18.5 Å². The summed E-state index contributed by atoms with van der Waals surface area (Å²) < 4.78 is 8.22. The number of hydrogen-bond acceptors (Lipinski definition) is 4. The number of rotatable bonds is 2. The lowest BCUT2D eigenvalue weighted by Gasteiger charge is -1.97. The second kappa shape index (κ2) is 9.23. The van der Waals surface area contributed by atoms with Crippen LogP contribution in [-0.4, -0.2) is 18.2 Å². The quantitative estimate of drug-likeness (QED) is 0.375. The molecule has 0 aromatic heterocycles. The highest BCUT2D eigenvalue weighted by Crippen LogP contribution is 1.86. The number of carbonyl (C=O) groups is 2. The SMILES string of the molecule is C.C.CC(=O)OCOC(=O)Cl. The second-order valence-corrected chi connectivity index (χ2v) is 1.44. The van der Waals surface area contributed by atoms with Gasteiger partial charge in [-0.1, -0.05) is 14.9 Å². The fraction of sp³-hybridized carbons (Fsp3) is 0.667. The second-order valence-electron chi connectivity index (χ2n) is 1.14. The summed E-state index contributed by atoms with van der Waals surface area (Å²) in [4.78, 5) is 19.7. The van der Waals surface area contributed by atoms with E-state index in [1.165, 1.54) is 6.92 Å². The van der Waals surface area contributed by atoms with Crippen LogP contribution in [0.15, 0.2) is 0 Å². The van der Waals surface area contributed by atoms with E-state index in [0.29, 0.717) is 0 Å². The minimum absolute atomic E-state index is 0. The summed E-state index contributed by atoms with van der Waals surface area (Å²) in [7, 11) is 0. The van der Waals surface area contributed by atoms with Crippen molar-refractivity contribution in [1.29, 1.82) is 0 Å². The van der Waals surface area contributed by atoms with Crippen molar-refractivity contribution in [2.45, 2.75) is 21.8 Å². The van der Waals surface area contributed by atoms with Gasteiger partial charge in [-0.05, 0) is 0 Å². The van der Waals surface area contributed by atoms with Gasteiger partial charge < -0.3 is 9.47 Å². The molecule has 0 aromatic rings. The molecule has 0 amide bonds. The van der Waals surface area contributed by atoms with Gasteiger partial charge in [-0.3, -0.25) is 4.79 Å². The van der Waals surface area contributed by atoms with Crippen LogP contribution in [0.4, 0.5) is 4.79 Å². The Bertz CT molecular complexity index is 110. The first-order chi connectivity index (χ1) is 4.13. The van der Waals surface area contributed by atoms with E-state index in [2.05, 4.69) is 9.47 Å². The molecule has 0 spiro atoms. The van der Waals surface area contributed by atoms with Crippen LogP contribution in [0.1, 0.15) is 21.8 Å². The fourth-order valence-electron chi connectivity index (χ4n) is 0.159. The summed E-state index contributed by atoms with van der Waals surface area (Å²) >= 11 is 4.71. The van der Waals surface area contributed by atoms with Crippen LogP contribution in [0.25, 0.3) is 0 Å². The van der Waals surface area contributed by atoms with Gasteiger partial charge in [0.1, 0.15) is 0 Å². The molecular weight excluding hydrogens is 172 g/mol. The van der Waals surface area contributed by atoms with Crippen LogP contribution >= 0.6 is 11.6 Å². The number of halogens is 1. The van der Waals surface area contributed by atoms with Crippen molar-refractivity contribution in [1.82, 2.24) is 0 Å². The minimum atomic E-state index is -0.990. The molecule has 0 atom stereocenters. The van der Waals surface area contributed by atoms with Crippen molar-refractivity contribution in [3.63, 3.8) is 0 Å². The lowest BCUT2D eigenvalue weighted by molar-refractivity contribution is -0.148. The summed E-state index contributed by atoms with van der Waals surface area (Å²) in [5, 5.41) is 0. The predicted octanol–water partition coefficient (Wildman–Crippen LogP) is 2.15. The summed E-state index contributed by atoms with van der Waals surface area (Å²) in [6.45, 7) is 0.778. The molecule has 11 heavy (non-hydrogen) atoms. The first kappa shape index (κ1) is 16.7. The maximum atomic E-state index is 9.97. The first-order valence-corrected chi connectivity index (χ1v) is 2.46. The predicted molar refractivity (Wildman–Crippen MR) is 42.4 cm³/mol. The van der Waals surface area contributed by atoms with E-state index in [1.54, 1.807) is 0 Å². The van der Waals surface area contributed by atoms with Crippen LogP contribution in [0.2, 0.25) is 0 Å². The van der Waals surface area contributed by atoms with Crippen LogP contribution < -0.4 is 0 Å². The van der Waals surface area contributed by atoms with Gasteiger partial charge in [0.05, 0.1) is 0 Å². The Morgan fingerprint density at radius 1 is 1.27 bits per heavy atom. The van der Waals surface area contributed by atoms with Gasteiger partial charge in [0.25, 0.3) is 0 Å². The molecule has 0 aliphatic rings. The minimum Gasteiger partial charge on any atom is -0.428 e. The number of esters is 1. The van der Waals surface area contributed by atoms with Crippen LogP contribution in [-0.2, 0) is 14.3 Å². The van der Waals surface area contributed by atoms with E-state index >= 15 is 0 Å². The van der Waals surface area contributed by atoms with Crippen LogP contribution in [0, 0.1) is 0 Å². The standard InChI is InChI=1S/C4H5ClO4.2CH4/c1-3(6)8-2-9-4(5)7;;/h2H2,1H3;2*1H4. The molecule has 0 saturated carbocycles. The zero-order chi connectivity index (χ0) is 7.28. The topological polar surface area (TPSA) is 52.6 Å². The molecule has 68 valence electrons. The Labute approximate surface area is 71.4 Å². The third kappa shape index (κ3) is 17.6. The lowest BCUT2D eigenvalue weighted by Crippen LogP contribution is -2.05. The van der Waals surface area contributed by atoms with Gasteiger partial charge in [-0.25, -0.2) is 4.79 Å².